The Kier molecular flexibility index (Phi) is 3.47. The summed E-state index contributed by atoms with van der Waals surface area (Å²) in [5.74, 6) is 1.76. The van der Waals surface area contributed by atoms with Crippen molar-refractivity contribution in [1.29, 1.82) is 0 Å². The first kappa shape index (κ1) is 12.5. The quantitative estimate of drug-likeness (QED) is 0.916. The number of piperidine rings is 1. The number of nitrogens with zero attached hydrogens (tertiary/aromatic N) is 1. The van der Waals surface area contributed by atoms with E-state index in [1.807, 2.05) is 0 Å². The smallest absolute Gasteiger partial charge is 0.120 e. The summed E-state index contributed by atoms with van der Waals surface area (Å²) in [5.41, 5.74) is 2.75. The standard InChI is InChI=1S/C16H22N2O/c1-18-11-13(9-12-5-7-17-8-6-12)15-4-3-14(19-2)10-16(15)18/h3-4,10-12,17H,5-9H2,1-2H3. The minimum absolute atomic E-state index is 0.828. The summed E-state index contributed by atoms with van der Waals surface area (Å²) in [6.07, 6.45) is 6.08. The molecule has 0 amide bonds. The molecule has 1 aromatic carbocycles. The molecular weight excluding hydrogens is 236 g/mol. The summed E-state index contributed by atoms with van der Waals surface area (Å²) < 4.78 is 7.53. The number of fused-ring (bicyclic) bond motifs is 1. The van der Waals surface area contributed by atoms with Crippen molar-refractivity contribution in [3.05, 3.63) is 30.0 Å². The second-order valence-electron chi connectivity index (χ2n) is 5.55. The Bertz CT molecular complexity index is 567. The van der Waals surface area contributed by atoms with Gasteiger partial charge >= 0.3 is 0 Å². The van der Waals surface area contributed by atoms with Crippen LogP contribution in [0.3, 0.4) is 0 Å². The van der Waals surface area contributed by atoms with E-state index < -0.39 is 0 Å². The average Bonchev–Trinajstić information content (AvgIpc) is 2.76. The number of rotatable bonds is 3. The molecule has 19 heavy (non-hydrogen) atoms. The minimum Gasteiger partial charge on any atom is -0.497 e. The third-order valence-corrected chi connectivity index (χ3v) is 4.25. The van der Waals surface area contributed by atoms with Crippen LogP contribution in [0.5, 0.6) is 5.75 Å². The number of aromatic nitrogens is 1. The fourth-order valence-corrected chi connectivity index (χ4v) is 3.13. The van der Waals surface area contributed by atoms with E-state index in [0.717, 1.165) is 11.7 Å². The number of ether oxygens (including phenoxy) is 1. The molecule has 3 nitrogen and oxygen atoms in total. The van der Waals surface area contributed by atoms with E-state index in [2.05, 4.69) is 41.3 Å². The molecule has 2 aromatic rings. The largest absolute Gasteiger partial charge is 0.497 e. The first-order valence-corrected chi connectivity index (χ1v) is 7.10. The van der Waals surface area contributed by atoms with E-state index in [-0.39, 0.29) is 0 Å². The fourth-order valence-electron chi connectivity index (χ4n) is 3.13. The molecule has 1 N–H and O–H groups in total. The van der Waals surface area contributed by atoms with Gasteiger partial charge in [-0.05, 0) is 56.0 Å². The lowest BCUT2D eigenvalue weighted by Gasteiger charge is -2.22. The van der Waals surface area contributed by atoms with Crippen molar-refractivity contribution in [1.82, 2.24) is 9.88 Å². The number of aryl methyl sites for hydroxylation is 1. The zero-order chi connectivity index (χ0) is 13.2. The van der Waals surface area contributed by atoms with Crippen molar-refractivity contribution in [2.75, 3.05) is 20.2 Å². The van der Waals surface area contributed by atoms with Gasteiger partial charge < -0.3 is 14.6 Å². The summed E-state index contributed by atoms with van der Waals surface area (Å²) in [7, 11) is 3.84. The highest BCUT2D eigenvalue weighted by atomic mass is 16.5. The van der Waals surface area contributed by atoms with Gasteiger partial charge in [-0.2, -0.15) is 0 Å². The normalized spacial score (nSPS) is 16.9. The van der Waals surface area contributed by atoms with E-state index in [0.29, 0.717) is 0 Å². The van der Waals surface area contributed by atoms with Crippen LogP contribution in [0.2, 0.25) is 0 Å². The van der Waals surface area contributed by atoms with Crippen molar-refractivity contribution >= 4 is 10.9 Å². The number of hydrogen-bond donors (Lipinski definition) is 1. The Morgan fingerprint density at radius 2 is 2.11 bits per heavy atom. The Labute approximate surface area is 114 Å². The third-order valence-electron chi connectivity index (χ3n) is 4.25. The van der Waals surface area contributed by atoms with E-state index in [1.165, 1.54) is 48.8 Å². The van der Waals surface area contributed by atoms with Crippen molar-refractivity contribution in [3.8, 4) is 5.75 Å². The van der Waals surface area contributed by atoms with Crippen molar-refractivity contribution in [3.63, 3.8) is 0 Å². The maximum atomic E-state index is 5.31. The van der Waals surface area contributed by atoms with Gasteiger partial charge in [-0.1, -0.05) is 0 Å². The molecule has 1 fully saturated rings. The van der Waals surface area contributed by atoms with Gasteiger partial charge in [0.2, 0.25) is 0 Å². The Hall–Kier alpha value is -1.48. The molecule has 0 unspecified atom stereocenters. The second-order valence-corrected chi connectivity index (χ2v) is 5.55. The van der Waals surface area contributed by atoms with Crippen LogP contribution in [-0.4, -0.2) is 24.8 Å². The highest BCUT2D eigenvalue weighted by Gasteiger charge is 2.16. The average molecular weight is 258 g/mol. The lowest BCUT2D eigenvalue weighted by molar-refractivity contribution is 0.373. The van der Waals surface area contributed by atoms with Gasteiger partial charge in [-0.3, -0.25) is 0 Å². The monoisotopic (exact) mass is 258 g/mol. The van der Waals surface area contributed by atoms with Gasteiger partial charge in [0.1, 0.15) is 5.75 Å². The van der Waals surface area contributed by atoms with Gasteiger partial charge in [-0.15, -0.1) is 0 Å². The van der Waals surface area contributed by atoms with Crippen LogP contribution in [0.1, 0.15) is 18.4 Å². The predicted octanol–water partition coefficient (Wildman–Crippen LogP) is 2.73. The fraction of sp³-hybridized carbons (Fsp3) is 0.500. The molecule has 1 aliphatic heterocycles. The van der Waals surface area contributed by atoms with Crippen molar-refractivity contribution < 1.29 is 4.74 Å². The number of nitrogens with one attached hydrogen (secondary N) is 1. The van der Waals surface area contributed by atoms with Gasteiger partial charge in [0.05, 0.1) is 12.6 Å². The lowest BCUT2D eigenvalue weighted by atomic mass is 9.91. The lowest BCUT2D eigenvalue weighted by Crippen LogP contribution is -2.28. The van der Waals surface area contributed by atoms with Crippen LogP contribution in [0, 0.1) is 5.92 Å². The summed E-state index contributed by atoms with van der Waals surface area (Å²) in [6, 6.07) is 6.39. The zero-order valence-electron chi connectivity index (χ0n) is 11.8. The van der Waals surface area contributed by atoms with Gasteiger partial charge in [0, 0.05) is 24.7 Å². The molecule has 1 saturated heterocycles. The molecule has 0 saturated carbocycles. The van der Waals surface area contributed by atoms with Crippen LogP contribution >= 0.6 is 0 Å². The third kappa shape index (κ3) is 2.47. The molecule has 0 atom stereocenters. The van der Waals surface area contributed by atoms with Gasteiger partial charge in [0.25, 0.3) is 0 Å². The number of methoxy groups -OCH3 is 1. The van der Waals surface area contributed by atoms with E-state index in [4.69, 9.17) is 4.74 Å². The number of benzene rings is 1. The predicted molar refractivity (Wildman–Crippen MR) is 78.8 cm³/mol. The number of hydrogen-bond acceptors (Lipinski definition) is 2. The van der Waals surface area contributed by atoms with Crippen LogP contribution < -0.4 is 10.1 Å². The molecule has 2 heterocycles. The molecule has 1 aromatic heterocycles. The molecule has 0 bridgehead atoms. The minimum atomic E-state index is 0.828. The van der Waals surface area contributed by atoms with Gasteiger partial charge in [0.15, 0.2) is 0 Å². The molecule has 3 heteroatoms. The Morgan fingerprint density at radius 1 is 1.32 bits per heavy atom. The molecular formula is C16H22N2O. The van der Waals surface area contributed by atoms with E-state index >= 15 is 0 Å². The summed E-state index contributed by atoms with van der Waals surface area (Å²) >= 11 is 0. The highest BCUT2D eigenvalue weighted by molar-refractivity contribution is 5.85. The van der Waals surface area contributed by atoms with E-state index in [1.54, 1.807) is 7.11 Å². The Morgan fingerprint density at radius 3 is 2.84 bits per heavy atom. The molecule has 3 rings (SSSR count). The Balaban J connectivity index is 1.90. The van der Waals surface area contributed by atoms with E-state index in [9.17, 15) is 0 Å². The molecule has 0 radical (unpaired) electrons. The second kappa shape index (κ2) is 5.25. The molecule has 102 valence electrons. The first-order valence-electron chi connectivity index (χ1n) is 7.10. The maximum absolute atomic E-state index is 5.31. The summed E-state index contributed by atoms with van der Waals surface area (Å²) in [5, 5.41) is 4.81. The van der Waals surface area contributed by atoms with Crippen LogP contribution in [-0.2, 0) is 13.5 Å². The topological polar surface area (TPSA) is 26.2 Å². The van der Waals surface area contributed by atoms with Gasteiger partial charge in [-0.25, -0.2) is 0 Å². The maximum Gasteiger partial charge on any atom is 0.120 e. The first-order chi connectivity index (χ1) is 9.28. The highest BCUT2D eigenvalue weighted by Crippen LogP contribution is 2.28. The molecule has 1 aliphatic rings. The SMILES string of the molecule is COc1ccc2c(CC3CCNCC3)cn(C)c2c1. The summed E-state index contributed by atoms with van der Waals surface area (Å²) in [4.78, 5) is 0. The van der Waals surface area contributed by atoms with Crippen LogP contribution in [0.15, 0.2) is 24.4 Å². The van der Waals surface area contributed by atoms with Crippen LogP contribution in [0.4, 0.5) is 0 Å². The molecule has 0 aliphatic carbocycles. The van der Waals surface area contributed by atoms with Crippen molar-refractivity contribution in [2.24, 2.45) is 13.0 Å². The molecule has 0 spiro atoms. The van der Waals surface area contributed by atoms with Crippen LogP contribution in [0.25, 0.3) is 10.9 Å². The summed E-state index contributed by atoms with van der Waals surface area (Å²) in [6.45, 7) is 2.34. The van der Waals surface area contributed by atoms with Crippen molar-refractivity contribution in [2.45, 2.75) is 19.3 Å². The zero-order valence-corrected chi connectivity index (χ0v) is 11.8.